The van der Waals surface area contributed by atoms with Crippen molar-refractivity contribution >= 4 is 28.9 Å². The summed E-state index contributed by atoms with van der Waals surface area (Å²) in [5.41, 5.74) is 0.998. The van der Waals surface area contributed by atoms with Gasteiger partial charge in [-0.15, -0.1) is 11.3 Å². The lowest BCUT2D eigenvalue weighted by Crippen LogP contribution is -2.39. The lowest BCUT2D eigenvalue weighted by atomic mass is 10.3. The Hall–Kier alpha value is -1.83. The Morgan fingerprint density at radius 2 is 2.11 bits per heavy atom. The van der Waals surface area contributed by atoms with Crippen LogP contribution in [0.15, 0.2) is 34.6 Å². The molecule has 0 amide bonds. The molecule has 1 aromatic carbocycles. The first-order valence-electron chi connectivity index (χ1n) is 9.32. The van der Waals surface area contributed by atoms with Crippen molar-refractivity contribution in [3.63, 3.8) is 0 Å². The van der Waals surface area contributed by atoms with Crippen molar-refractivity contribution in [3.8, 4) is 5.75 Å². The number of rotatable bonds is 9. The van der Waals surface area contributed by atoms with E-state index in [1.807, 2.05) is 52.1 Å². The predicted octanol–water partition coefficient (Wildman–Crippen LogP) is 4.37. The molecule has 154 valence electrons. The first-order chi connectivity index (χ1) is 13.4. The molecule has 2 rings (SSSR count). The minimum absolute atomic E-state index is 0.00812. The summed E-state index contributed by atoms with van der Waals surface area (Å²) < 4.78 is 11.2. The number of para-hydroxylation sites is 1. The minimum Gasteiger partial charge on any atom is -0.487 e. The molecule has 0 saturated carbocycles. The van der Waals surface area contributed by atoms with Gasteiger partial charge in [0.15, 0.2) is 5.96 Å². The maximum absolute atomic E-state index is 6.16. The Bertz CT molecular complexity index is 768. The number of guanidine groups is 1. The summed E-state index contributed by atoms with van der Waals surface area (Å²) in [6, 6.07) is 7.47. The molecule has 1 N–H and O–H groups in total. The third-order valence-electron chi connectivity index (χ3n) is 4.03. The first-order valence-corrected chi connectivity index (χ1v) is 10.6. The minimum atomic E-state index is -0.101. The fourth-order valence-electron chi connectivity index (χ4n) is 2.48. The van der Waals surface area contributed by atoms with Crippen molar-refractivity contribution in [1.29, 1.82) is 0 Å². The molecule has 1 aromatic heterocycles. The number of aliphatic imine (C=N–C) groups is 1. The summed E-state index contributed by atoms with van der Waals surface area (Å²) >= 11 is 7.77. The molecule has 2 aromatic rings. The SMILES string of the molecule is CCNC(=NCC(C)Oc1ccccc1Cl)N(C)Cc1csc(C(C)OC)n1. The van der Waals surface area contributed by atoms with E-state index in [2.05, 4.69) is 20.6 Å². The summed E-state index contributed by atoms with van der Waals surface area (Å²) in [5.74, 6) is 1.49. The number of thiazole rings is 1. The number of halogens is 1. The second kappa shape index (κ2) is 11.2. The number of hydrogen-bond donors (Lipinski definition) is 1. The number of ether oxygens (including phenoxy) is 2. The van der Waals surface area contributed by atoms with Crippen LogP contribution in [0.3, 0.4) is 0 Å². The van der Waals surface area contributed by atoms with Crippen LogP contribution < -0.4 is 10.1 Å². The van der Waals surface area contributed by atoms with Gasteiger partial charge in [0.25, 0.3) is 0 Å². The van der Waals surface area contributed by atoms with Crippen LogP contribution in [0.25, 0.3) is 0 Å². The van der Waals surface area contributed by atoms with Crippen molar-refractivity contribution in [2.75, 3.05) is 27.2 Å². The molecule has 28 heavy (non-hydrogen) atoms. The molecule has 2 atom stereocenters. The van der Waals surface area contributed by atoms with Crippen LogP contribution in [0.1, 0.15) is 37.6 Å². The van der Waals surface area contributed by atoms with Crippen LogP contribution in [0.4, 0.5) is 0 Å². The van der Waals surface area contributed by atoms with Crippen LogP contribution in [0.5, 0.6) is 5.75 Å². The third kappa shape index (κ3) is 6.65. The van der Waals surface area contributed by atoms with Gasteiger partial charge in [0.1, 0.15) is 23.0 Å². The van der Waals surface area contributed by atoms with Gasteiger partial charge < -0.3 is 19.7 Å². The van der Waals surface area contributed by atoms with Gasteiger partial charge in [-0.3, -0.25) is 0 Å². The summed E-state index contributed by atoms with van der Waals surface area (Å²) in [6.45, 7) is 7.99. The second-order valence-electron chi connectivity index (χ2n) is 6.46. The zero-order valence-corrected chi connectivity index (χ0v) is 18.7. The Labute approximate surface area is 176 Å². The Balaban J connectivity index is 1.98. The summed E-state index contributed by atoms with van der Waals surface area (Å²) in [4.78, 5) is 11.4. The highest BCUT2D eigenvalue weighted by atomic mass is 35.5. The molecular formula is C20H29ClN4O2S. The quantitative estimate of drug-likeness (QED) is 0.478. The van der Waals surface area contributed by atoms with E-state index in [0.717, 1.165) is 23.2 Å². The summed E-state index contributed by atoms with van der Waals surface area (Å²) in [5, 5.41) is 6.97. The number of methoxy groups -OCH3 is 1. The van der Waals surface area contributed by atoms with Gasteiger partial charge in [0, 0.05) is 26.1 Å². The Morgan fingerprint density at radius 1 is 1.36 bits per heavy atom. The maximum Gasteiger partial charge on any atom is 0.194 e. The van der Waals surface area contributed by atoms with Gasteiger partial charge in [0.05, 0.1) is 23.8 Å². The summed E-state index contributed by atoms with van der Waals surface area (Å²) in [7, 11) is 3.69. The Kier molecular flexibility index (Phi) is 9.02. The fourth-order valence-corrected chi connectivity index (χ4v) is 3.50. The molecule has 6 nitrogen and oxygen atoms in total. The average molecular weight is 425 g/mol. The molecule has 8 heteroatoms. The van der Waals surface area contributed by atoms with E-state index in [-0.39, 0.29) is 12.2 Å². The lowest BCUT2D eigenvalue weighted by Gasteiger charge is -2.22. The van der Waals surface area contributed by atoms with E-state index >= 15 is 0 Å². The van der Waals surface area contributed by atoms with E-state index in [0.29, 0.717) is 23.9 Å². The van der Waals surface area contributed by atoms with Crippen molar-refractivity contribution < 1.29 is 9.47 Å². The highest BCUT2D eigenvalue weighted by Crippen LogP contribution is 2.24. The highest BCUT2D eigenvalue weighted by Gasteiger charge is 2.13. The van der Waals surface area contributed by atoms with Crippen LogP contribution >= 0.6 is 22.9 Å². The van der Waals surface area contributed by atoms with Gasteiger partial charge in [0.2, 0.25) is 0 Å². The molecule has 0 aliphatic carbocycles. The van der Waals surface area contributed by atoms with Crippen molar-refractivity contribution in [1.82, 2.24) is 15.2 Å². The molecule has 2 unspecified atom stereocenters. The largest absolute Gasteiger partial charge is 0.487 e. The van der Waals surface area contributed by atoms with Crippen molar-refractivity contribution in [2.24, 2.45) is 4.99 Å². The average Bonchev–Trinajstić information content (AvgIpc) is 3.14. The molecule has 1 heterocycles. The Morgan fingerprint density at radius 3 is 2.79 bits per heavy atom. The number of aromatic nitrogens is 1. The highest BCUT2D eigenvalue weighted by molar-refractivity contribution is 7.09. The van der Waals surface area contributed by atoms with Gasteiger partial charge in [-0.25, -0.2) is 9.98 Å². The number of nitrogens with one attached hydrogen (secondary N) is 1. The molecule has 0 spiro atoms. The van der Waals surface area contributed by atoms with E-state index < -0.39 is 0 Å². The smallest absolute Gasteiger partial charge is 0.194 e. The van der Waals surface area contributed by atoms with Gasteiger partial charge in [-0.1, -0.05) is 23.7 Å². The molecule has 0 fully saturated rings. The number of hydrogen-bond acceptors (Lipinski definition) is 5. The summed E-state index contributed by atoms with van der Waals surface area (Å²) in [6.07, 6.45) is -0.0934. The second-order valence-corrected chi connectivity index (χ2v) is 7.76. The van der Waals surface area contributed by atoms with E-state index in [9.17, 15) is 0 Å². The standard InChI is InChI=1S/C20H29ClN4O2S/c1-6-22-20(23-11-14(2)27-18-10-8-7-9-17(18)21)25(4)12-16-13-28-19(24-16)15(3)26-5/h7-10,13-15H,6,11-12H2,1-5H3,(H,22,23). The fraction of sp³-hybridized carbons (Fsp3) is 0.500. The zero-order valence-electron chi connectivity index (χ0n) is 17.1. The van der Waals surface area contributed by atoms with Crippen LogP contribution in [-0.2, 0) is 11.3 Å². The van der Waals surface area contributed by atoms with Gasteiger partial charge in [-0.05, 0) is 32.9 Å². The number of nitrogens with zero attached hydrogens (tertiary/aromatic N) is 3. The molecule has 0 bridgehead atoms. The first kappa shape index (κ1) is 22.5. The lowest BCUT2D eigenvalue weighted by molar-refractivity contribution is 0.119. The van der Waals surface area contributed by atoms with Crippen molar-refractivity contribution in [3.05, 3.63) is 45.4 Å². The normalized spacial score (nSPS) is 13.9. The van der Waals surface area contributed by atoms with E-state index in [1.165, 1.54) is 0 Å². The molecule has 0 aliphatic rings. The monoisotopic (exact) mass is 424 g/mol. The molecule has 0 radical (unpaired) electrons. The molecular weight excluding hydrogens is 396 g/mol. The van der Waals surface area contributed by atoms with Crippen LogP contribution in [0.2, 0.25) is 5.02 Å². The van der Waals surface area contributed by atoms with E-state index in [4.69, 9.17) is 26.1 Å². The molecule has 0 saturated heterocycles. The van der Waals surface area contributed by atoms with Crippen molar-refractivity contribution in [2.45, 2.75) is 39.5 Å². The van der Waals surface area contributed by atoms with Crippen LogP contribution in [-0.4, -0.2) is 49.2 Å². The zero-order chi connectivity index (χ0) is 20.5. The van der Waals surface area contributed by atoms with Gasteiger partial charge >= 0.3 is 0 Å². The topological polar surface area (TPSA) is 59.0 Å². The predicted molar refractivity (Wildman–Crippen MR) is 117 cm³/mol. The number of benzene rings is 1. The van der Waals surface area contributed by atoms with Crippen LogP contribution in [0, 0.1) is 0 Å². The maximum atomic E-state index is 6.16. The third-order valence-corrected chi connectivity index (χ3v) is 5.40. The molecule has 0 aliphatic heterocycles. The van der Waals surface area contributed by atoms with Gasteiger partial charge in [-0.2, -0.15) is 0 Å². The van der Waals surface area contributed by atoms with E-state index in [1.54, 1.807) is 18.4 Å².